The normalized spacial score (nSPS) is 19.8. The number of carboxylic acids is 1. The molecule has 3 rings (SSSR count). The van der Waals surface area contributed by atoms with Crippen molar-refractivity contribution in [3.05, 3.63) is 48.5 Å². The minimum absolute atomic E-state index is 0.0741. The molecule has 172 valence electrons. The third kappa shape index (κ3) is 8.43. The molecule has 4 N–H and O–H groups in total. The van der Waals surface area contributed by atoms with Crippen LogP contribution in [-0.4, -0.2) is 40.1 Å². The van der Waals surface area contributed by atoms with Gasteiger partial charge in [0, 0.05) is 18.7 Å². The Kier molecular flexibility index (Phi) is 9.67. The number of carboxylic acid groups (broad SMARTS) is 1. The Balaban J connectivity index is 0.000000285. The van der Waals surface area contributed by atoms with Crippen molar-refractivity contribution in [2.45, 2.75) is 62.8 Å². The van der Waals surface area contributed by atoms with Gasteiger partial charge < -0.3 is 15.4 Å². The highest BCUT2D eigenvalue weighted by molar-refractivity contribution is 7.85. The molecule has 1 fully saturated rings. The van der Waals surface area contributed by atoms with Gasteiger partial charge in [0.25, 0.3) is 10.1 Å². The molecular formula is C22H33N3O5S. The van der Waals surface area contributed by atoms with Crippen LogP contribution in [0.1, 0.15) is 57.2 Å². The summed E-state index contributed by atoms with van der Waals surface area (Å²) < 4.78 is 31.4. The summed E-state index contributed by atoms with van der Waals surface area (Å²) in [6.45, 7) is 2.85. The van der Waals surface area contributed by atoms with E-state index in [4.69, 9.17) is 10.3 Å². The lowest BCUT2D eigenvalue weighted by Gasteiger charge is -2.26. The van der Waals surface area contributed by atoms with Gasteiger partial charge >= 0.3 is 5.97 Å². The monoisotopic (exact) mass is 451 g/mol. The number of imidazole rings is 1. The zero-order valence-electron chi connectivity index (χ0n) is 17.9. The lowest BCUT2D eigenvalue weighted by Crippen LogP contribution is -2.18. The zero-order chi connectivity index (χ0) is 22.9. The summed E-state index contributed by atoms with van der Waals surface area (Å²) >= 11 is 0. The predicted octanol–water partition coefficient (Wildman–Crippen LogP) is 3.55. The standard InChI is InChI=1S/C16H27N3O2.C6H6O3S/c1-12-4-6-15(7-5-12)19-10-14(18-11-19)9-13(16(20)21)3-2-8-17;7-10(8,9)6-4-2-1-3-5-6/h10-13,15H,2-9,17H2,1H3,(H,20,21);1-5H,(H,7,8,9)/t12-,13?,15-;. The van der Waals surface area contributed by atoms with Crippen molar-refractivity contribution in [3.63, 3.8) is 0 Å². The molecule has 1 aromatic heterocycles. The van der Waals surface area contributed by atoms with Crippen LogP contribution in [0.3, 0.4) is 0 Å². The fourth-order valence-electron chi connectivity index (χ4n) is 3.75. The number of aromatic nitrogens is 2. The van der Waals surface area contributed by atoms with Gasteiger partial charge in [-0.25, -0.2) is 4.98 Å². The second-order valence-electron chi connectivity index (χ2n) is 8.18. The molecule has 0 radical (unpaired) electrons. The maximum absolute atomic E-state index is 11.3. The number of hydrogen-bond acceptors (Lipinski definition) is 5. The van der Waals surface area contributed by atoms with Crippen molar-refractivity contribution < 1.29 is 22.9 Å². The maximum Gasteiger partial charge on any atom is 0.306 e. The van der Waals surface area contributed by atoms with Crippen molar-refractivity contribution in [1.29, 1.82) is 0 Å². The van der Waals surface area contributed by atoms with Gasteiger partial charge in [-0.05, 0) is 63.1 Å². The molecule has 2 aromatic rings. The molecular weight excluding hydrogens is 418 g/mol. The van der Waals surface area contributed by atoms with Gasteiger partial charge in [-0.2, -0.15) is 8.42 Å². The third-order valence-corrected chi connectivity index (χ3v) is 6.53. The van der Waals surface area contributed by atoms with E-state index in [2.05, 4.69) is 16.5 Å². The van der Waals surface area contributed by atoms with Crippen LogP contribution >= 0.6 is 0 Å². The van der Waals surface area contributed by atoms with Gasteiger partial charge in [0.2, 0.25) is 0 Å². The van der Waals surface area contributed by atoms with Gasteiger partial charge in [-0.1, -0.05) is 25.1 Å². The lowest BCUT2D eigenvalue weighted by atomic mass is 9.87. The minimum atomic E-state index is -4.00. The number of benzene rings is 1. The SMILES string of the molecule is C[C@H]1CC[C@H](n2cnc(CC(CCCN)C(=O)O)c2)CC1.O=S(=O)(O)c1ccccc1. The Hall–Kier alpha value is -2.23. The highest BCUT2D eigenvalue weighted by atomic mass is 32.2. The topological polar surface area (TPSA) is 136 Å². The van der Waals surface area contributed by atoms with Crippen LogP contribution < -0.4 is 5.73 Å². The van der Waals surface area contributed by atoms with E-state index in [-0.39, 0.29) is 10.8 Å². The largest absolute Gasteiger partial charge is 0.481 e. The van der Waals surface area contributed by atoms with Crippen molar-refractivity contribution in [2.75, 3.05) is 6.54 Å². The smallest absolute Gasteiger partial charge is 0.306 e. The van der Waals surface area contributed by atoms with E-state index in [1.807, 2.05) is 12.5 Å². The van der Waals surface area contributed by atoms with E-state index < -0.39 is 16.1 Å². The summed E-state index contributed by atoms with van der Waals surface area (Å²) in [7, 11) is -4.00. The molecule has 1 aliphatic rings. The Bertz CT molecular complexity index is 906. The maximum atomic E-state index is 11.3. The van der Waals surface area contributed by atoms with Crippen LogP contribution in [0.2, 0.25) is 0 Å². The van der Waals surface area contributed by atoms with E-state index in [0.717, 1.165) is 18.0 Å². The summed E-state index contributed by atoms with van der Waals surface area (Å²) in [6.07, 6.45) is 10.7. The number of aliphatic carboxylic acids is 1. The Morgan fingerprint density at radius 1 is 1.23 bits per heavy atom. The lowest BCUT2D eigenvalue weighted by molar-refractivity contribution is -0.142. The summed E-state index contributed by atoms with van der Waals surface area (Å²) in [6, 6.07) is 7.96. The molecule has 1 heterocycles. The molecule has 0 aliphatic heterocycles. The molecule has 1 aliphatic carbocycles. The van der Waals surface area contributed by atoms with E-state index in [1.165, 1.54) is 37.8 Å². The first kappa shape index (κ1) is 25.0. The average molecular weight is 452 g/mol. The van der Waals surface area contributed by atoms with E-state index >= 15 is 0 Å². The van der Waals surface area contributed by atoms with Crippen molar-refractivity contribution in [3.8, 4) is 0 Å². The summed E-state index contributed by atoms with van der Waals surface area (Å²) in [5.74, 6) is -0.287. The molecule has 9 heteroatoms. The predicted molar refractivity (Wildman–Crippen MR) is 118 cm³/mol. The number of nitrogens with zero attached hydrogens (tertiary/aromatic N) is 2. The average Bonchev–Trinajstić information content (AvgIpc) is 3.20. The molecule has 8 nitrogen and oxygen atoms in total. The Morgan fingerprint density at radius 2 is 1.87 bits per heavy atom. The second-order valence-corrected chi connectivity index (χ2v) is 9.61. The van der Waals surface area contributed by atoms with E-state index in [1.54, 1.807) is 18.2 Å². The van der Waals surface area contributed by atoms with Crippen LogP contribution in [0, 0.1) is 11.8 Å². The first-order valence-corrected chi connectivity index (χ1v) is 12.1. The first-order valence-electron chi connectivity index (χ1n) is 10.7. The summed E-state index contributed by atoms with van der Waals surface area (Å²) in [5, 5.41) is 9.27. The van der Waals surface area contributed by atoms with Crippen molar-refractivity contribution in [2.24, 2.45) is 17.6 Å². The first-order chi connectivity index (χ1) is 14.7. The fourth-order valence-corrected chi connectivity index (χ4v) is 4.25. The van der Waals surface area contributed by atoms with Crippen LogP contribution in [-0.2, 0) is 21.3 Å². The number of rotatable bonds is 8. The Labute approximate surface area is 184 Å². The second kappa shape index (κ2) is 12.0. The molecule has 0 spiro atoms. The van der Waals surface area contributed by atoms with Crippen molar-refractivity contribution in [1.82, 2.24) is 9.55 Å². The molecule has 1 atom stereocenters. The fraction of sp³-hybridized carbons (Fsp3) is 0.545. The zero-order valence-corrected chi connectivity index (χ0v) is 18.7. The molecule has 1 aromatic carbocycles. The van der Waals surface area contributed by atoms with Gasteiger partial charge in [0.1, 0.15) is 0 Å². The van der Waals surface area contributed by atoms with Crippen LogP contribution in [0.4, 0.5) is 0 Å². The van der Waals surface area contributed by atoms with Crippen LogP contribution in [0.5, 0.6) is 0 Å². The minimum Gasteiger partial charge on any atom is -0.481 e. The quantitative estimate of drug-likeness (QED) is 0.522. The third-order valence-electron chi connectivity index (χ3n) is 5.66. The molecule has 0 bridgehead atoms. The molecule has 0 saturated heterocycles. The number of hydrogen-bond donors (Lipinski definition) is 3. The molecule has 1 unspecified atom stereocenters. The van der Waals surface area contributed by atoms with E-state index in [9.17, 15) is 18.3 Å². The molecule has 31 heavy (non-hydrogen) atoms. The van der Waals surface area contributed by atoms with E-state index in [0.29, 0.717) is 25.4 Å². The highest BCUT2D eigenvalue weighted by Gasteiger charge is 2.22. The summed E-state index contributed by atoms with van der Waals surface area (Å²) in [5.41, 5.74) is 6.36. The van der Waals surface area contributed by atoms with Gasteiger partial charge in [0.15, 0.2) is 0 Å². The number of carbonyl (C=O) groups is 1. The van der Waals surface area contributed by atoms with Crippen LogP contribution in [0.15, 0.2) is 47.8 Å². The van der Waals surface area contributed by atoms with Gasteiger partial charge in [-0.15, -0.1) is 0 Å². The van der Waals surface area contributed by atoms with Crippen LogP contribution in [0.25, 0.3) is 0 Å². The number of nitrogens with two attached hydrogens (primary N) is 1. The molecule has 1 saturated carbocycles. The van der Waals surface area contributed by atoms with Crippen molar-refractivity contribution >= 4 is 16.1 Å². The highest BCUT2D eigenvalue weighted by Crippen LogP contribution is 2.31. The Morgan fingerprint density at radius 3 is 2.39 bits per heavy atom. The van der Waals surface area contributed by atoms with Gasteiger partial charge in [-0.3, -0.25) is 9.35 Å². The summed E-state index contributed by atoms with van der Waals surface area (Å²) in [4.78, 5) is 15.6. The van der Waals surface area contributed by atoms with Gasteiger partial charge in [0.05, 0.1) is 22.8 Å². The molecule has 0 amide bonds.